The lowest BCUT2D eigenvalue weighted by atomic mass is 9.79. The minimum atomic E-state index is -0.658. The molecule has 1 spiro atoms. The normalized spacial score (nSPS) is 23.6. The highest BCUT2D eigenvalue weighted by Crippen LogP contribution is 2.36. The van der Waals surface area contributed by atoms with Crippen molar-refractivity contribution in [3.63, 3.8) is 0 Å². The first-order chi connectivity index (χ1) is 17.1. The highest BCUT2D eigenvalue weighted by Gasteiger charge is 2.53. The molecule has 0 radical (unpaired) electrons. The van der Waals surface area contributed by atoms with Crippen molar-refractivity contribution in [1.29, 1.82) is 0 Å². The van der Waals surface area contributed by atoms with Crippen LogP contribution in [0.4, 0.5) is 0 Å². The topological polar surface area (TPSA) is 52.7 Å². The van der Waals surface area contributed by atoms with E-state index in [1.54, 1.807) is 0 Å². The van der Waals surface area contributed by atoms with Gasteiger partial charge >= 0.3 is 0 Å². The smallest absolute Gasteiger partial charge is 0.246 e. The number of benzene rings is 1. The number of likely N-dealkylation sites (tertiary alicyclic amines) is 1. The molecular formula is C30H47N3O2. The fourth-order valence-corrected chi connectivity index (χ4v) is 6.53. The molecule has 0 bridgehead atoms. The van der Waals surface area contributed by atoms with Crippen molar-refractivity contribution in [3.05, 3.63) is 35.4 Å². The second-order valence-electron chi connectivity index (χ2n) is 11.3. The molecule has 0 aromatic heterocycles. The summed E-state index contributed by atoms with van der Waals surface area (Å²) in [7, 11) is 0. The number of hydrogen-bond acceptors (Lipinski definition) is 3. The van der Waals surface area contributed by atoms with Crippen molar-refractivity contribution in [1.82, 2.24) is 15.1 Å². The van der Waals surface area contributed by atoms with Gasteiger partial charge in [0.2, 0.25) is 11.8 Å². The maximum absolute atomic E-state index is 13.7. The molecule has 0 unspecified atom stereocenters. The number of rotatable bonds is 10. The maximum Gasteiger partial charge on any atom is 0.246 e. The SMILES string of the molecule is CCCCc1cccc(CN2CCC3(CC2)C(=O)N[C@@H](CC2CCCCC2)C(=O)N3CCCC)c1. The summed E-state index contributed by atoms with van der Waals surface area (Å²) in [6, 6.07) is 8.66. The van der Waals surface area contributed by atoms with Crippen LogP contribution in [0.3, 0.4) is 0 Å². The second-order valence-corrected chi connectivity index (χ2v) is 11.3. The average Bonchev–Trinajstić information content (AvgIpc) is 2.88. The van der Waals surface area contributed by atoms with E-state index in [-0.39, 0.29) is 17.9 Å². The monoisotopic (exact) mass is 481 g/mol. The molecule has 4 rings (SSSR count). The van der Waals surface area contributed by atoms with E-state index < -0.39 is 5.54 Å². The molecule has 1 saturated carbocycles. The van der Waals surface area contributed by atoms with Crippen LogP contribution in [0, 0.1) is 5.92 Å². The fourth-order valence-electron chi connectivity index (χ4n) is 6.53. The van der Waals surface area contributed by atoms with Crippen molar-refractivity contribution < 1.29 is 9.59 Å². The predicted octanol–water partition coefficient (Wildman–Crippen LogP) is 5.46. The Morgan fingerprint density at radius 3 is 2.40 bits per heavy atom. The zero-order valence-corrected chi connectivity index (χ0v) is 22.2. The highest BCUT2D eigenvalue weighted by atomic mass is 16.2. The van der Waals surface area contributed by atoms with Crippen LogP contribution in [0.5, 0.6) is 0 Å². The standard InChI is InChI=1S/C30H47N3O2/c1-3-5-11-24-14-10-15-26(21-24)23-32-19-16-30(17-20-32)29(35)31-27(22-25-12-8-7-9-13-25)28(34)33(30)18-6-4-2/h10,14-15,21,25,27H,3-9,11-13,16-20,22-23H2,1-2H3,(H,31,35)/t27-/m0/s1. The summed E-state index contributed by atoms with van der Waals surface area (Å²) in [4.78, 5) is 31.8. The zero-order valence-electron chi connectivity index (χ0n) is 22.2. The summed E-state index contributed by atoms with van der Waals surface area (Å²) in [6.07, 6.45) is 14.1. The lowest BCUT2D eigenvalue weighted by Gasteiger charge is -2.52. The Morgan fingerprint density at radius 1 is 0.971 bits per heavy atom. The molecule has 5 nitrogen and oxygen atoms in total. The van der Waals surface area contributed by atoms with E-state index in [0.29, 0.717) is 12.5 Å². The molecule has 2 saturated heterocycles. The molecule has 1 atom stereocenters. The molecule has 1 N–H and O–H groups in total. The van der Waals surface area contributed by atoms with Gasteiger partial charge < -0.3 is 10.2 Å². The first-order valence-electron chi connectivity index (χ1n) is 14.5. The van der Waals surface area contributed by atoms with E-state index in [9.17, 15) is 9.59 Å². The van der Waals surface area contributed by atoms with Gasteiger partial charge in [-0.25, -0.2) is 0 Å². The third kappa shape index (κ3) is 6.28. The Kier molecular flexibility index (Phi) is 9.27. The van der Waals surface area contributed by atoms with E-state index >= 15 is 0 Å². The Labute approximate surface area is 213 Å². The lowest BCUT2D eigenvalue weighted by molar-refractivity contribution is -0.162. The second kappa shape index (κ2) is 12.4. The Morgan fingerprint density at radius 2 is 1.69 bits per heavy atom. The van der Waals surface area contributed by atoms with E-state index in [2.05, 4.69) is 48.3 Å². The van der Waals surface area contributed by atoms with Gasteiger partial charge in [0.05, 0.1) is 0 Å². The van der Waals surface area contributed by atoms with Gasteiger partial charge in [-0.3, -0.25) is 14.5 Å². The number of aryl methyl sites for hydroxylation is 1. The number of nitrogens with zero attached hydrogens (tertiary/aromatic N) is 2. The molecule has 2 amide bonds. The number of hydrogen-bond donors (Lipinski definition) is 1. The molecule has 3 fully saturated rings. The van der Waals surface area contributed by atoms with Crippen molar-refractivity contribution in [3.8, 4) is 0 Å². The Bertz CT molecular complexity index is 840. The van der Waals surface area contributed by atoms with E-state index in [4.69, 9.17) is 0 Å². The molecule has 2 aliphatic heterocycles. The van der Waals surface area contributed by atoms with Gasteiger partial charge in [-0.2, -0.15) is 0 Å². The molecule has 1 aliphatic carbocycles. The van der Waals surface area contributed by atoms with Crippen molar-refractivity contribution in [2.24, 2.45) is 5.92 Å². The van der Waals surface area contributed by atoms with Crippen LogP contribution in [0.25, 0.3) is 0 Å². The van der Waals surface area contributed by atoms with Gasteiger partial charge in [-0.1, -0.05) is 83.1 Å². The number of amides is 2. The minimum absolute atomic E-state index is 0.107. The number of carbonyl (C=O) groups excluding carboxylic acids is 2. The zero-order chi connectivity index (χ0) is 24.7. The van der Waals surface area contributed by atoms with Crippen LogP contribution in [0.15, 0.2) is 24.3 Å². The quantitative estimate of drug-likeness (QED) is 0.483. The van der Waals surface area contributed by atoms with E-state index in [1.165, 1.54) is 56.1 Å². The highest BCUT2D eigenvalue weighted by molar-refractivity contribution is 6.00. The first kappa shape index (κ1) is 26.2. The Hall–Kier alpha value is -1.88. The van der Waals surface area contributed by atoms with Crippen LogP contribution in [0.2, 0.25) is 0 Å². The number of carbonyl (C=O) groups is 2. The summed E-state index contributed by atoms with van der Waals surface area (Å²) < 4.78 is 0. The van der Waals surface area contributed by atoms with Crippen molar-refractivity contribution in [2.45, 2.75) is 115 Å². The third-order valence-corrected chi connectivity index (χ3v) is 8.74. The van der Waals surface area contributed by atoms with Gasteiger partial charge in [-0.15, -0.1) is 0 Å². The number of unbranched alkanes of at least 4 members (excludes halogenated alkanes) is 2. The molecule has 1 aromatic rings. The first-order valence-corrected chi connectivity index (χ1v) is 14.5. The van der Waals surface area contributed by atoms with Crippen molar-refractivity contribution >= 4 is 11.8 Å². The molecule has 2 heterocycles. The van der Waals surface area contributed by atoms with Gasteiger partial charge in [-0.05, 0) is 55.6 Å². The number of piperazine rings is 1. The molecule has 3 aliphatic rings. The van der Waals surface area contributed by atoms with Crippen LogP contribution >= 0.6 is 0 Å². The summed E-state index contributed by atoms with van der Waals surface area (Å²) in [5.74, 6) is 0.867. The average molecular weight is 482 g/mol. The summed E-state index contributed by atoms with van der Waals surface area (Å²) >= 11 is 0. The Balaban J connectivity index is 1.41. The molecular weight excluding hydrogens is 434 g/mol. The van der Waals surface area contributed by atoms with Crippen LogP contribution in [-0.4, -0.2) is 52.8 Å². The predicted molar refractivity (Wildman–Crippen MR) is 142 cm³/mol. The molecule has 35 heavy (non-hydrogen) atoms. The number of nitrogens with one attached hydrogen (secondary N) is 1. The molecule has 5 heteroatoms. The van der Waals surface area contributed by atoms with E-state index in [0.717, 1.165) is 58.2 Å². The lowest BCUT2D eigenvalue weighted by Crippen LogP contribution is -2.73. The van der Waals surface area contributed by atoms with Gasteiger partial charge in [0.25, 0.3) is 0 Å². The van der Waals surface area contributed by atoms with Crippen LogP contribution in [-0.2, 0) is 22.6 Å². The van der Waals surface area contributed by atoms with Crippen LogP contribution in [0.1, 0.15) is 102 Å². The summed E-state index contributed by atoms with van der Waals surface area (Å²) in [5.41, 5.74) is 2.12. The molecule has 1 aromatic carbocycles. The summed E-state index contributed by atoms with van der Waals surface area (Å²) in [5, 5.41) is 3.22. The molecule has 194 valence electrons. The third-order valence-electron chi connectivity index (χ3n) is 8.74. The van der Waals surface area contributed by atoms with Crippen molar-refractivity contribution in [2.75, 3.05) is 19.6 Å². The van der Waals surface area contributed by atoms with Crippen LogP contribution < -0.4 is 5.32 Å². The summed E-state index contributed by atoms with van der Waals surface area (Å²) in [6.45, 7) is 7.75. The fraction of sp³-hybridized carbons (Fsp3) is 0.733. The maximum atomic E-state index is 13.7. The number of piperidine rings is 1. The van der Waals surface area contributed by atoms with E-state index in [1.807, 2.05) is 4.90 Å². The van der Waals surface area contributed by atoms with Gasteiger partial charge in [0, 0.05) is 26.2 Å². The van der Waals surface area contributed by atoms with Gasteiger partial charge in [0.15, 0.2) is 0 Å². The largest absolute Gasteiger partial charge is 0.342 e. The van der Waals surface area contributed by atoms with Gasteiger partial charge in [0.1, 0.15) is 11.6 Å². The minimum Gasteiger partial charge on any atom is -0.342 e.